The van der Waals surface area contributed by atoms with Crippen molar-refractivity contribution >= 4 is 17.4 Å². The molecule has 2 aromatic rings. The van der Waals surface area contributed by atoms with Crippen LogP contribution in [-0.2, 0) is 17.8 Å². The summed E-state index contributed by atoms with van der Waals surface area (Å²) >= 11 is 0. The number of benzene rings is 1. The van der Waals surface area contributed by atoms with Gasteiger partial charge in [0.05, 0.1) is 12.1 Å². The first kappa shape index (κ1) is 13.3. The van der Waals surface area contributed by atoms with Gasteiger partial charge in [-0.15, -0.1) is 0 Å². The zero-order valence-electron chi connectivity index (χ0n) is 12.0. The number of aromatic nitrogens is 1. The smallest absolute Gasteiger partial charge is 0.225 e. The van der Waals surface area contributed by atoms with Gasteiger partial charge in [0.2, 0.25) is 5.91 Å². The predicted molar refractivity (Wildman–Crippen MR) is 78.0 cm³/mol. The Kier molecular flexibility index (Phi) is 3.10. The van der Waals surface area contributed by atoms with Gasteiger partial charge in [0.1, 0.15) is 11.6 Å². The van der Waals surface area contributed by atoms with Gasteiger partial charge in [-0.05, 0) is 31.0 Å². The molecule has 22 heavy (non-hydrogen) atoms. The van der Waals surface area contributed by atoms with E-state index in [0.29, 0.717) is 31.0 Å². The molecule has 1 N–H and O–H groups in total. The topological polar surface area (TPSA) is 58.4 Å². The first-order valence-corrected chi connectivity index (χ1v) is 7.49. The molecular formula is C16H16FN3O2. The van der Waals surface area contributed by atoms with Gasteiger partial charge < -0.3 is 14.7 Å². The molecule has 1 aliphatic carbocycles. The molecule has 2 aliphatic rings. The number of carbonyl (C=O) groups is 1. The molecule has 0 saturated heterocycles. The third kappa shape index (κ3) is 2.45. The number of nitrogens with one attached hydrogen (secondary N) is 1. The number of anilines is 2. The van der Waals surface area contributed by atoms with E-state index < -0.39 is 0 Å². The van der Waals surface area contributed by atoms with E-state index in [0.717, 1.165) is 24.2 Å². The maximum atomic E-state index is 13.3. The second-order valence-corrected chi connectivity index (χ2v) is 5.85. The lowest BCUT2D eigenvalue weighted by Crippen LogP contribution is -2.36. The number of hydrogen-bond acceptors (Lipinski definition) is 4. The van der Waals surface area contributed by atoms with Crippen LogP contribution in [0.4, 0.5) is 15.9 Å². The van der Waals surface area contributed by atoms with Crippen LogP contribution in [0.5, 0.6) is 0 Å². The van der Waals surface area contributed by atoms with Gasteiger partial charge >= 0.3 is 0 Å². The van der Waals surface area contributed by atoms with E-state index in [1.54, 1.807) is 12.1 Å². The lowest BCUT2D eigenvalue weighted by Gasteiger charge is -2.26. The summed E-state index contributed by atoms with van der Waals surface area (Å²) in [6.45, 7) is 1.18. The highest BCUT2D eigenvalue weighted by Crippen LogP contribution is 2.34. The van der Waals surface area contributed by atoms with E-state index in [2.05, 4.69) is 10.5 Å². The fourth-order valence-corrected chi connectivity index (χ4v) is 2.79. The quantitative estimate of drug-likeness (QED) is 0.947. The number of hydrogen-bond donors (Lipinski definition) is 1. The van der Waals surface area contributed by atoms with E-state index in [-0.39, 0.29) is 17.6 Å². The Morgan fingerprint density at radius 3 is 3.05 bits per heavy atom. The summed E-state index contributed by atoms with van der Waals surface area (Å²) in [4.78, 5) is 14.1. The minimum absolute atomic E-state index is 0.209. The summed E-state index contributed by atoms with van der Waals surface area (Å²) in [7, 11) is 0. The van der Waals surface area contributed by atoms with Crippen LogP contribution in [-0.4, -0.2) is 22.5 Å². The molecule has 0 atom stereocenters. The Labute approximate surface area is 127 Å². The van der Waals surface area contributed by atoms with Crippen LogP contribution >= 0.6 is 0 Å². The molecule has 114 valence electrons. The fraction of sp³-hybridized carbons (Fsp3) is 0.375. The zero-order valence-corrected chi connectivity index (χ0v) is 12.0. The summed E-state index contributed by atoms with van der Waals surface area (Å²) < 4.78 is 18.6. The highest BCUT2D eigenvalue weighted by molar-refractivity contribution is 5.81. The van der Waals surface area contributed by atoms with Gasteiger partial charge in [-0.1, -0.05) is 11.2 Å². The minimum Gasteiger partial charge on any atom is -0.359 e. The van der Waals surface area contributed by atoms with E-state index in [1.807, 2.05) is 4.90 Å². The second kappa shape index (κ2) is 5.12. The molecule has 1 aromatic heterocycles. The predicted octanol–water partition coefficient (Wildman–Crippen LogP) is 2.85. The Bertz CT molecular complexity index is 724. The normalized spacial score (nSPS) is 17.2. The molecule has 5 nitrogen and oxygen atoms in total. The first-order valence-electron chi connectivity index (χ1n) is 7.49. The van der Waals surface area contributed by atoms with Crippen LogP contribution in [0.2, 0.25) is 0 Å². The Hall–Kier alpha value is -2.37. The standard InChI is InChI=1S/C16H16FN3O2/c17-11-2-1-3-12(8-11)18-15-13-9-20(16(21)10-4-5-10)7-6-14(13)22-19-15/h1-3,8,10H,4-7,9H2,(H,18,19). The number of rotatable bonds is 3. The number of carbonyl (C=O) groups excluding carboxylic acids is 1. The third-order valence-electron chi connectivity index (χ3n) is 4.15. The number of halogens is 1. The van der Waals surface area contributed by atoms with Gasteiger partial charge in [-0.2, -0.15) is 0 Å². The number of amides is 1. The van der Waals surface area contributed by atoms with Gasteiger partial charge in [0, 0.05) is 24.6 Å². The summed E-state index contributed by atoms with van der Waals surface area (Å²) in [6, 6.07) is 6.18. The number of fused-ring (bicyclic) bond motifs is 1. The van der Waals surface area contributed by atoms with Crippen molar-refractivity contribution in [1.82, 2.24) is 10.1 Å². The van der Waals surface area contributed by atoms with E-state index in [9.17, 15) is 9.18 Å². The molecule has 0 radical (unpaired) electrons. The Morgan fingerprint density at radius 2 is 2.27 bits per heavy atom. The van der Waals surface area contributed by atoms with E-state index in [4.69, 9.17) is 4.52 Å². The SMILES string of the molecule is O=C(C1CC1)N1CCc2onc(Nc3cccc(F)c3)c2C1. The van der Waals surface area contributed by atoms with Crippen LogP contribution in [0.1, 0.15) is 24.2 Å². The van der Waals surface area contributed by atoms with E-state index >= 15 is 0 Å². The van der Waals surface area contributed by atoms with Gasteiger partial charge in [0.15, 0.2) is 5.82 Å². The first-order chi connectivity index (χ1) is 10.7. The third-order valence-corrected chi connectivity index (χ3v) is 4.15. The summed E-state index contributed by atoms with van der Waals surface area (Å²) in [6.07, 6.45) is 2.67. The molecule has 1 saturated carbocycles. The summed E-state index contributed by atoms with van der Waals surface area (Å²) in [5.74, 6) is 1.49. The van der Waals surface area contributed by atoms with Crippen LogP contribution < -0.4 is 5.32 Å². The lowest BCUT2D eigenvalue weighted by atomic mass is 10.1. The Balaban J connectivity index is 1.56. The van der Waals surface area contributed by atoms with E-state index in [1.165, 1.54) is 12.1 Å². The van der Waals surface area contributed by atoms with Crippen molar-refractivity contribution in [2.75, 3.05) is 11.9 Å². The minimum atomic E-state index is -0.312. The van der Waals surface area contributed by atoms with Crippen LogP contribution in [0.15, 0.2) is 28.8 Å². The average molecular weight is 301 g/mol. The molecule has 2 heterocycles. The van der Waals surface area contributed by atoms with Crippen molar-refractivity contribution in [2.45, 2.75) is 25.8 Å². The van der Waals surface area contributed by atoms with Gasteiger partial charge in [-0.25, -0.2) is 4.39 Å². The highest BCUT2D eigenvalue weighted by Gasteiger charge is 2.36. The fourth-order valence-electron chi connectivity index (χ4n) is 2.79. The van der Waals surface area contributed by atoms with Gasteiger partial charge in [0.25, 0.3) is 0 Å². The van der Waals surface area contributed by atoms with Gasteiger partial charge in [-0.3, -0.25) is 4.79 Å². The average Bonchev–Trinajstić information content (AvgIpc) is 3.29. The van der Waals surface area contributed by atoms with Crippen LogP contribution in [0, 0.1) is 11.7 Å². The van der Waals surface area contributed by atoms with Crippen molar-refractivity contribution in [3.63, 3.8) is 0 Å². The molecule has 1 aromatic carbocycles. The molecule has 1 aliphatic heterocycles. The molecule has 0 spiro atoms. The zero-order chi connectivity index (χ0) is 15.1. The maximum absolute atomic E-state index is 13.3. The van der Waals surface area contributed by atoms with Crippen molar-refractivity contribution in [3.8, 4) is 0 Å². The van der Waals surface area contributed by atoms with Crippen molar-refractivity contribution < 1.29 is 13.7 Å². The largest absolute Gasteiger partial charge is 0.359 e. The van der Waals surface area contributed by atoms with Crippen molar-refractivity contribution in [3.05, 3.63) is 41.4 Å². The van der Waals surface area contributed by atoms with Crippen molar-refractivity contribution in [2.24, 2.45) is 5.92 Å². The number of nitrogens with zero attached hydrogens (tertiary/aromatic N) is 2. The van der Waals surface area contributed by atoms with Crippen LogP contribution in [0.25, 0.3) is 0 Å². The highest BCUT2D eigenvalue weighted by atomic mass is 19.1. The molecule has 0 bridgehead atoms. The molecule has 4 rings (SSSR count). The summed E-state index contributed by atoms with van der Waals surface area (Å²) in [5, 5.41) is 7.10. The van der Waals surface area contributed by atoms with Crippen molar-refractivity contribution in [1.29, 1.82) is 0 Å². The Morgan fingerprint density at radius 1 is 1.41 bits per heavy atom. The monoisotopic (exact) mass is 301 g/mol. The summed E-state index contributed by atoms with van der Waals surface area (Å²) in [5.41, 5.74) is 1.51. The van der Waals surface area contributed by atoms with Crippen LogP contribution in [0.3, 0.4) is 0 Å². The molecule has 1 fully saturated rings. The maximum Gasteiger partial charge on any atom is 0.225 e. The molecule has 6 heteroatoms. The lowest BCUT2D eigenvalue weighted by molar-refractivity contribution is -0.133. The molecule has 1 amide bonds. The molecule has 0 unspecified atom stereocenters. The molecular weight excluding hydrogens is 285 g/mol. The second-order valence-electron chi connectivity index (χ2n) is 5.85.